The predicted molar refractivity (Wildman–Crippen MR) is 123 cm³/mol. The Kier molecular flexibility index (Phi) is 6.07. The average Bonchev–Trinajstić information content (AvgIpc) is 2.81. The summed E-state index contributed by atoms with van der Waals surface area (Å²) in [6.07, 6.45) is 1.55. The predicted octanol–water partition coefficient (Wildman–Crippen LogP) is 1.61. The van der Waals surface area contributed by atoms with Crippen molar-refractivity contribution in [2.24, 2.45) is 17.8 Å². The molecule has 2 aliphatic heterocycles. The van der Waals surface area contributed by atoms with Crippen molar-refractivity contribution in [1.29, 1.82) is 0 Å². The third-order valence-electron chi connectivity index (χ3n) is 9.22. The smallest absolute Gasteiger partial charge is 0.306 e. The molecule has 1 aromatic carbocycles. The molecule has 1 spiro atoms. The summed E-state index contributed by atoms with van der Waals surface area (Å²) in [5.74, 6) is -0.959. The maximum absolute atomic E-state index is 12.9. The average molecular weight is 476 g/mol. The van der Waals surface area contributed by atoms with E-state index in [1.807, 2.05) is 6.92 Å². The molecule has 2 aliphatic carbocycles. The number of aryl methyl sites for hydroxylation is 1. The van der Waals surface area contributed by atoms with Gasteiger partial charge in [0.2, 0.25) is 0 Å². The van der Waals surface area contributed by atoms with Gasteiger partial charge in [-0.3, -0.25) is 9.69 Å². The Morgan fingerprint density at radius 2 is 1.97 bits per heavy atom. The summed E-state index contributed by atoms with van der Waals surface area (Å²) in [7, 11) is 1.47. The molecule has 34 heavy (non-hydrogen) atoms. The minimum Gasteiger partial charge on any atom is -0.504 e. The van der Waals surface area contributed by atoms with Crippen molar-refractivity contribution in [3.63, 3.8) is 0 Å². The molecule has 5 rings (SSSR count). The zero-order chi connectivity index (χ0) is 24.3. The standard InChI is InChI=1S/C26H37NO7/c1-15-14-25-17-5-3-11-27(25)12-4-10-26(25,32)21(23(31)22(17)30)24(15)34-20(29)9-7-16-6-8-18(28)19(13-16)33-2/h6,8,13,15,17,21-24,28,30-32H,3-5,7,9-12,14H2,1-2H3/t15-,17-,21-,22+,23+,24+,25+,26+/m1/s1. The number of hydrogen-bond donors (Lipinski definition) is 4. The molecule has 0 radical (unpaired) electrons. The van der Waals surface area contributed by atoms with Gasteiger partial charge in [0.1, 0.15) is 6.10 Å². The van der Waals surface area contributed by atoms with E-state index in [1.54, 1.807) is 12.1 Å². The van der Waals surface area contributed by atoms with E-state index in [9.17, 15) is 25.2 Å². The molecule has 2 bridgehead atoms. The summed E-state index contributed by atoms with van der Waals surface area (Å²) >= 11 is 0. The van der Waals surface area contributed by atoms with E-state index in [0.717, 1.165) is 37.9 Å². The van der Waals surface area contributed by atoms with Crippen LogP contribution in [0.5, 0.6) is 11.5 Å². The lowest BCUT2D eigenvalue weighted by atomic mass is 9.44. The summed E-state index contributed by atoms with van der Waals surface area (Å²) in [4.78, 5) is 15.3. The van der Waals surface area contributed by atoms with Crippen molar-refractivity contribution >= 4 is 5.97 Å². The van der Waals surface area contributed by atoms with Crippen molar-refractivity contribution in [2.75, 3.05) is 20.2 Å². The number of nitrogens with zero attached hydrogens (tertiary/aromatic N) is 1. The summed E-state index contributed by atoms with van der Waals surface area (Å²) in [6, 6.07) is 4.97. The Balaban J connectivity index is 1.37. The van der Waals surface area contributed by atoms with Gasteiger partial charge in [-0.15, -0.1) is 0 Å². The highest BCUT2D eigenvalue weighted by Crippen LogP contribution is 2.63. The van der Waals surface area contributed by atoms with Gasteiger partial charge in [-0.25, -0.2) is 0 Å². The minimum absolute atomic E-state index is 0.0411. The van der Waals surface area contributed by atoms with Crippen molar-refractivity contribution in [1.82, 2.24) is 4.90 Å². The molecule has 8 nitrogen and oxygen atoms in total. The lowest BCUT2D eigenvalue weighted by molar-refractivity contribution is -0.327. The van der Waals surface area contributed by atoms with Gasteiger partial charge in [-0.1, -0.05) is 13.0 Å². The lowest BCUT2D eigenvalue weighted by Gasteiger charge is -2.72. The first-order valence-electron chi connectivity index (χ1n) is 12.6. The molecule has 0 amide bonds. The third kappa shape index (κ3) is 3.37. The maximum Gasteiger partial charge on any atom is 0.306 e. The van der Waals surface area contributed by atoms with Gasteiger partial charge >= 0.3 is 5.97 Å². The van der Waals surface area contributed by atoms with Crippen LogP contribution in [-0.2, 0) is 16.0 Å². The van der Waals surface area contributed by atoms with Crippen LogP contribution < -0.4 is 4.74 Å². The highest BCUT2D eigenvalue weighted by Gasteiger charge is 2.74. The largest absolute Gasteiger partial charge is 0.504 e. The van der Waals surface area contributed by atoms with E-state index in [4.69, 9.17) is 9.47 Å². The molecule has 8 atom stereocenters. The van der Waals surface area contributed by atoms with Crippen molar-refractivity contribution in [3.05, 3.63) is 23.8 Å². The molecule has 4 aliphatic rings. The van der Waals surface area contributed by atoms with Gasteiger partial charge in [0.15, 0.2) is 11.5 Å². The van der Waals surface area contributed by atoms with Gasteiger partial charge in [0.25, 0.3) is 0 Å². The number of piperidine rings is 2. The van der Waals surface area contributed by atoms with E-state index in [1.165, 1.54) is 13.2 Å². The number of rotatable bonds is 5. The molecule has 8 heteroatoms. The van der Waals surface area contributed by atoms with Gasteiger partial charge in [-0.2, -0.15) is 0 Å². The quantitative estimate of drug-likeness (QED) is 0.474. The zero-order valence-electron chi connectivity index (χ0n) is 20.0. The van der Waals surface area contributed by atoms with E-state index in [0.29, 0.717) is 25.0 Å². The Morgan fingerprint density at radius 1 is 1.21 bits per heavy atom. The van der Waals surface area contributed by atoms with Crippen LogP contribution >= 0.6 is 0 Å². The molecule has 0 aromatic heterocycles. The molecular weight excluding hydrogens is 438 g/mol. The Labute approximate surface area is 200 Å². The first kappa shape index (κ1) is 23.9. The van der Waals surface area contributed by atoms with Crippen LogP contribution in [0.2, 0.25) is 0 Å². The van der Waals surface area contributed by atoms with Crippen LogP contribution in [0.3, 0.4) is 0 Å². The number of benzene rings is 1. The second-order valence-corrected chi connectivity index (χ2v) is 10.8. The number of phenols is 1. The fraction of sp³-hybridized carbons (Fsp3) is 0.731. The fourth-order valence-corrected chi connectivity index (χ4v) is 7.89. The van der Waals surface area contributed by atoms with Crippen molar-refractivity contribution in [3.8, 4) is 11.5 Å². The highest BCUT2D eigenvalue weighted by molar-refractivity contribution is 5.70. The van der Waals surface area contributed by atoms with Gasteiger partial charge in [0, 0.05) is 12.3 Å². The van der Waals surface area contributed by atoms with Crippen LogP contribution in [0.15, 0.2) is 18.2 Å². The molecule has 0 unspecified atom stereocenters. The number of phenolic OH excluding ortho intramolecular Hbond substituents is 1. The van der Waals surface area contributed by atoms with Gasteiger partial charge in [0.05, 0.1) is 36.4 Å². The van der Waals surface area contributed by atoms with Crippen molar-refractivity contribution in [2.45, 2.75) is 81.3 Å². The van der Waals surface area contributed by atoms with Gasteiger partial charge in [-0.05, 0) is 75.2 Å². The first-order chi connectivity index (χ1) is 16.2. The van der Waals surface area contributed by atoms with E-state index in [2.05, 4.69) is 4.90 Å². The third-order valence-corrected chi connectivity index (χ3v) is 9.22. The molecular formula is C26H37NO7. The highest BCUT2D eigenvalue weighted by atomic mass is 16.5. The SMILES string of the molecule is COc1cc(CCC(=O)O[C@@H]2[C@H]3[C@H](O)[C@@H](O)[C@H]4CCCN5CCC[C@@]3(O)[C@]45C[C@H]2C)ccc1O. The van der Waals surface area contributed by atoms with Crippen molar-refractivity contribution < 1.29 is 34.7 Å². The number of methoxy groups -OCH3 is 1. The van der Waals surface area contributed by atoms with E-state index >= 15 is 0 Å². The molecule has 2 saturated carbocycles. The number of carbonyl (C=O) groups is 1. The first-order valence-corrected chi connectivity index (χ1v) is 12.6. The zero-order valence-corrected chi connectivity index (χ0v) is 20.0. The normalized spacial score (nSPS) is 41.4. The Hall–Kier alpha value is -1.87. The number of aliphatic hydroxyl groups is 3. The lowest BCUT2D eigenvalue weighted by Crippen LogP contribution is -2.85. The summed E-state index contributed by atoms with van der Waals surface area (Å²) in [6.45, 7) is 3.82. The monoisotopic (exact) mass is 475 g/mol. The van der Waals surface area contributed by atoms with Crippen LogP contribution in [-0.4, -0.2) is 80.9 Å². The number of aromatic hydroxyl groups is 1. The molecule has 2 heterocycles. The number of carbonyl (C=O) groups excluding carboxylic acids is 1. The van der Waals surface area contributed by atoms with Crippen LogP contribution in [0.25, 0.3) is 0 Å². The van der Waals surface area contributed by atoms with E-state index in [-0.39, 0.29) is 24.0 Å². The van der Waals surface area contributed by atoms with Crippen LogP contribution in [0.1, 0.15) is 51.0 Å². The number of esters is 1. The van der Waals surface area contributed by atoms with E-state index < -0.39 is 41.3 Å². The molecule has 2 saturated heterocycles. The Morgan fingerprint density at radius 3 is 2.74 bits per heavy atom. The van der Waals surface area contributed by atoms with Crippen LogP contribution in [0, 0.1) is 17.8 Å². The van der Waals surface area contributed by atoms with Gasteiger partial charge < -0.3 is 29.9 Å². The fourth-order valence-electron chi connectivity index (χ4n) is 7.89. The Bertz CT molecular complexity index is 938. The maximum atomic E-state index is 12.9. The van der Waals surface area contributed by atoms with Crippen LogP contribution in [0.4, 0.5) is 0 Å². The number of aliphatic hydroxyl groups excluding tert-OH is 2. The molecule has 1 aromatic rings. The summed E-state index contributed by atoms with van der Waals surface area (Å²) in [5, 5.41) is 44.4. The molecule has 4 fully saturated rings. The molecule has 4 N–H and O–H groups in total. The number of hydrogen-bond acceptors (Lipinski definition) is 8. The minimum atomic E-state index is -1.20. The number of ether oxygens (including phenoxy) is 2. The topological polar surface area (TPSA) is 120 Å². The second-order valence-electron chi connectivity index (χ2n) is 10.8. The molecule has 188 valence electrons. The summed E-state index contributed by atoms with van der Waals surface area (Å²) in [5.41, 5.74) is -0.934. The second kappa shape index (κ2) is 8.66. The summed E-state index contributed by atoms with van der Waals surface area (Å²) < 4.78 is 11.1.